The molecule has 0 saturated heterocycles. The summed E-state index contributed by atoms with van der Waals surface area (Å²) < 4.78 is 12.9. The molecule has 0 atom stereocenters. The second-order valence-electron chi connectivity index (χ2n) is 2.19. The molecule has 0 fully saturated rings. The summed E-state index contributed by atoms with van der Waals surface area (Å²) in [5.74, 6) is -0.775. The van der Waals surface area contributed by atoms with Gasteiger partial charge in [0.05, 0.1) is 11.6 Å². The predicted octanol–water partition coefficient (Wildman–Crippen LogP) is 1.66. The zero-order valence-electron chi connectivity index (χ0n) is 6.01. The fourth-order valence-electron chi connectivity index (χ4n) is 0.826. The molecule has 0 amide bonds. The summed E-state index contributed by atoms with van der Waals surface area (Å²) in [6, 6.07) is 2.23. The third kappa shape index (κ3) is 1.66. The van der Waals surface area contributed by atoms with Gasteiger partial charge >= 0.3 is 0 Å². The lowest BCUT2D eigenvalue weighted by Gasteiger charge is -2.05. The van der Waals surface area contributed by atoms with Crippen LogP contribution in [0.15, 0.2) is 12.1 Å². The molecule has 1 rings (SSSR count). The Balaban J connectivity index is 3.14. The summed E-state index contributed by atoms with van der Waals surface area (Å²) in [6.45, 7) is -0.140. The summed E-state index contributed by atoms with van der Waals surface area (Å²) in [4.78, 5) is 0. The zero-order valence-corrected chi connectivity index (χ0v) is 6.77. The van der Waals surface area contributed by atoms with Crippen molar-refractivity contribution in [2.24, 2.45) is 0 Å². The third-order valence-corrected chi connectivity index (χ3v) is 1.84. The average molecular weight is 192 g/mol. The smallest absolute Gasteiger partial charge is 0.134 e. The van der Waals surface area contributed by atoms with Gasteiger partial charge in [0.25, 0.3) is 0 Å². The number of aromatic hydroxyl groups is 1. The maximum absolute atomic E-state index is 12.9. The molecule has 0 heterocycles. The van der Waals surface area contributed by atoms with Gasteiger partial charge in [0.2, 0.25) is 0 Å². The van der Waals surface area contributed by atoms with Crippen molar-refractivity contribution in [2.75, 3.05) is 0 Å². The molecule has 5 heteroatoms. The molecule has 0 bridgehead atoms. The van der Waals surface area contributed by atoms with Gasteiger partial charge in [-0.1, -0.05) is 11.6 Å². The van der Waals surface area contributed by atoms with E-state index in [2.05, 4.69) is 0 Å². The molecular formula is C7H7ClFNO2. The Morgan fingerprint density at radius 2 is 2.17 bits per heavy atom. The topological polar surface area (TPSA) is 52.5 Å². The van der Waals surface area contributed by atoms with E-state index < -0.39 is 5.82 Å². The van der Waals surface area contributed by atoms with Gasteiger partial charge in [0.15, 0.2) is 0 Å². The quantitative estimate of drug-likeness (QED) is 0.624. The number of hydrogen-bond donors (Lipinski definition) is 3. The highest BCUT2D eigenvalue weighted by molar-refractivity contribution is 6.32. The summed E-state index contributed by atoms with van der Waals surface area (Å²) in [5.41, 5.74) is 1.80. The molecule has 0 unspecified atom stereocenters. The van der Waals surface area contributed by atoms with Crippen LogP contribution in [0.4, 0.5) is 4.39 Å². The SMILES string of the molecule is ONCc1c(F)ccc(O)c1Cl. The first-order chi connectivity index (χ1) is 5.66. The summed E-state index contributed by atoms with van der Waals surface area (Å²) in [5, 5.41) is 17.3. The lowest BCUT2D eigenvalue weighted by atomic mass is 10.2. The van der Waals surface area contributed by atoms with Crippen molar-refractivity contribution in [3.8, 4) is 5.75 Å². The normalized spacial score (nSPS) is 10.2. The van der Waals surface area contributed by atoms with Crippen molar-refractivity contribution in [1.82, 2.24) is 5.48 Å². The monoisotopic (exact) mass is 191 g/mol. The lowest BCUT2D eigenvalue weighted by Crippen LogP contribution is -2.08. The second-order valence-corrected chi connectivity index (χ2v) is 2.57. The van der Waals surface area contributed by atoms with Crippen LogP contribution in [0.3, 0.4) is 0 Å². The van der Waals surface area contributed by atoms with E-state index in [1.165, 1.54) is 0 Å². The van der Waals surface area contributed by atoms with Gasteiger partial charge in [0.1, 0.15) is 11.6 Å². The van der Waals surface area contributed by atoms with Crippen LogP contribution >= 0.6 is 11.6 Å². The maximum atomic E-state index is 12.9. The number of halogens is 2. The van der Waals surface area contributed by atoms with Gasteiger partial charge in [-0.3, -0.25) is 0 Å². The van der Waals surface area contributed by atoms with Gasteiger partial charge < -0.3 is 10.3 Å². The minimum atomic E-state index is -0.570. The Morgan fingerprint density at radius 3 is 2.75 bits per heavy atom. The molecular weight excluding hydrogens is 185 g/mol. The minimum Gasteiger partial charge on any atom is -0.506 e. The van der Waals surface area contributed by atoms with Crippen molar-refractivity contribution in [3.05, 3.63) is 28.5 Å². The number of nitrogens with one attached hydrogen (secondary N) is 1. The van der Waals surface area contributed by atoms with Crippen LogP contribution in [0.2, 0.25) is 5.02 Å². The molecule has 0 aliphatic rings. The fourth-order valence-corrected chi connectivity index (χ4v) is 1.05. The van der Waals surface area contributed by atoms with Gasteiger partial charge in [-0.05, 0) is 12.1 Å². The molecule has 1 aromatic rings. The molecule has 0 spiro atoms. The van der Waals surface area contributed by atoms with Crippen molar-refractivity contribution >= 4 is 11.6 Å². The molecule has 0 aromatic heterocycles. The van der Waals surface area contributed by atoms with Gasteiger partial charge in [-0.25, -0.2) is 9.87 Å². The van der Waals surface area contributed by atoms with Crippen molar-refractivity contribution in [1.29, 1.82) is 0 Å². The van der Waals surface area contributed by atoms with Crippen LogP contribution < -0.4 is 5.48 Å². The number of hydrogen-bond acceptors (Lipinski definition) is 3. The van der Waals surface area contributed by atoms with Crippen LogP contribution in [0.1, 0.15) is 5.56 Å². The Kier molecular flexibility index (Phi) is 2.86. The summed E-state index contributed by atoms with van der Waals surface area (Å²) >= 11 is 5.54. The molecule has 0 aliphatic carbocycles. The Labute approximate surface area is 73.4 Å². The fraction of sp³-hybridized carbons (Fsp3) is 0.143. The van der Waals surface area contributed by atoms with E-state index in [1.807, 2.05) is 0 Å². The molecule has 0 aliphatic heterocycles. The van der Waals surface area contributed by atoms with Crippen LogP contribution in [-0.2, 0) is 6.54 Å². The van der Waals surface area contributed by atoms with E-state index in [-0.39, 0.29) is 22.9 Å². The minimum absolute atomic E-state index is 0.0409. The zero-order chi connectivity index (χ0) is 9.14. The predicted molar refractivity (Wildman–Crippen MR) is 41.7 cm³/mol. The van der Waals surface area contributed by atoms with E-state index in [9.17, 15) is 4.39 Å². The van der Waals surface area contributed by atoms with Crippen LogP contribution in [0, 0.1) is 5.82 Å². The third-order valence-electron chi connectivity index (χ3n) is 1.42. The highest BCUT2D eigenvalue weighted by Crippen LogP contribution is 2.28. The second kappa shape index (κ2) is 3.71. The summed E-state index contributed by atoms with van der Waals surface area (Å²) in [6.07, 6.45) is 0. The van der Waals surface area contributed by atoms with Gasteiger partial charge in [-0.2, -0.15) is 0 Å². The first-order valence-electron chi connectivity index (χ1n) is 3.19. The number of hydroxylamine groups is 1. The largest absolute Gasteiger partial charge is 0.506 e. The number of phenols is 1. The molecule has 66 valence electrons. The van der Waals surface area contributed by atoms with E-state index in [1.54, 1.807) is 5.48 Å². The number of benzene rings is 1. The molecule has 12 heavy (non-hydrogen) atoms. The van der Waals surface area contributed by atoms with Gasteiger partial charge in [-0.15, -0.1) is 0 Å². The van der Waals surface area contributed by atoms with E-state index in [4.69, 9.17) is 21.9 Å². The number of rotatable bonds is 2. The maximum Gasteiger partial charge on any atom is 0.134 e. The van der Waals surface area contributed by atoms with Crippen LogP contribution in [0.25, 0.3) is 0 Å². The molecule has 3 N–H and O–H groups in total. The Hall–Kier alpha value is -0.840. The van der Waals surface area contributed by atoms with Crippen molar-refractivity contribution in [2.45, 2.75) is 6.54 Å². The Morgan fingerprint density at radius 1 is 1.50 bits per heavy atom. The highest BCUT2D eigenvalue weighted by atomic mass is 35.5. The molecule has 3 nitrogen and oxygen atoms in total. The molecule has 1 aromatic carbocycles. The van der Waals surface area contributed by atoms with Crippen LogP contribution in [0.5, 0.6) is 5.75 Å². The first-order valence-corrected chi connectivity index (χ1v) is 3.57. The number of phenolic OH excluding ortho intramolecular Hbond substituents is 1. The van der Waals surface area contributed by atoms with Crippen molar-refractivity contribution in [3.63, 3.8) is 0 Å². The lowest BCUT2D eigenvalue weighted by molar-refractivity contribution is 0.160. The Bertz CT molecular complexity index is 293. The summed E-state index contributed by atoms with van der Waals surface area (Å²) in [7, 11) is 0. The molecule has 0 saturated carbocycles. The van der Waals surface area contributed by atoms with Gasteiger partial charge in [0, 0.05) is 5.56 Å². The van der Waals surface area contributed by atoms with Crippen LogP contribution in [-0.4, -0.2) is 10.3 Å². The van der Waals surface area contributed by atoms with Crippen molar-refractivity contribution < 1.29 is 14.7 Å². The highest BCUT2D eigenvalue weighted by Gasteiger charge is 2.10. The standard InChI is InChI=1S/C7H7ClFNO2/c8-7-4(3-10-12)5(9)1-2-6(7)11/h1-2,10-12H,3H2. The molecule has 0 radical (unpaired) electrons. The first kappa shape index (κ1) is 9.25. The average Bonchev–Trinajstić information content (AvgIpc) is 2.06. The van der Waals surface area contributed by atoms with E-state index in [0.717, 1.165) is 12.1 Å². The van der Waals surface area contributed by atoms with E-state index >= 15 is 0 Å². The van der Waals surface area contributed by atoms with E-state index in [0.29, 0.717) is 0 Å².